The smallest absolute Gasteiger partial charge is 0.325 e. The van der Waals surface area contributed by atoms with E-state index >= 15 is 0 Å². The first-order valence-corrected chi connectivity index (χ1v) is 5.86. The Kier molecular flexibility index (Phi) is 3.66. The number of hydrogen-bond donors (Lipinski definition) is 3. The SMILES string of the molecule is CC(NC(=O)Nc1cccc2ccccc12)C(=O)O. The maximum absolute atomic E-state index is 11.7. The van der Waals surface area contributed by atoms with Crippen molar-refractivity contribution in [1.82, 2.24) is 5.32 Å². The molecule has 0 aliphatic rings. The summed E-state index contributed by atoms with van der Waals surface area (Å²) < 4.78 is 0. The number of fused-ring (bicyclic) bond motifs is 1. The van der Waals surface area contributed by atoms with Gasteiger partial charge in [0, 0.05) is 5.39 Å². The lowest BCUT2D eigenvalue weighted by molar-refractivity contribution is -0.138. The van der Waals surface area contributed by atoms with E-state index in [2.05, 4.69) is 10.6 Å². The fourth-order valence-electron chi connectivity index (χ4n) is 1.75. The lowest BCUT2D eigenvalue weighted by Crippen LogP contribution is -2.40. The molecule has 2 aromatic carbocycles. The number of anilines is 1. The number of carboxylic acids is 1. The van der Waals surface area contributed by atoms with Crippen LogP contribution in [0.3, 0.4) is 0 Å². The van der Waals surface area contributed by atoms with E-state index < -0.39 is 18.0 Å². The van der Waals surface area contributed by atoms with Crippen molar-refractivity contribution in [2.45, 2.75) is 13.0 Å². The molecule has 0 radical (unpaired) electrons. The molecule has 0 spiro atoms. The standard InChI is InChI=1S/C14H14N2O3/c1-9(13(17)18)15-14(19)16-12-8-4-6-10-5-2-3-7-11(10)12/h2-9H,1H3,(H,17,18)(H2,15,16,19). The summed E-state index contributed by atoms with van der Waals surface area (Å²) in [6, 6.07) is 11.7. The summed E-state index contributed by atoms with van der Waals surface area (Å²) in [5.41, 5.74) is 0.646. The summed E-state index contributed by atoms with van der Waals surface area (Å²) in [7, 11) is 0. The van der Waals surface area contributed by atoms with Gasteiger partial charge < -0.3 is 15.7 Å². The number of nitrogens with one attached hydrogen (secondary N) is 2. The van der Waals surface area contributed by atoms with Gasteiger partial charge in [-0.3, -0.25) is 4.79 Å². The second kappa shape index (κ2) is 5.39. The second-order valence-corrected chi connectivity index (χ2v) is 4.19. The molecule has 0 saturated heterocycles. The van der Waals surface area contributed by atoms with Crippen molar-refractivity contribution in [3.63, 3.8) is 0 Å². The van der Waals surface area contributed by atoms with Crippen molar-refractivity contribution in [1.29, 1.82) is 0 Å². The lowest BCUT2D eigenvalue weighted by Gasteiger charge is -2.12. The molecule has 0 aromatic heterocycles. The Hall–Kier alpha value is -2.56. The van der Waals surface area contributed by atoms with E-state index in [0.29, 0.717) is 5.69 Å². The Labute approximate surface area is 110 Å². The summed E-state index contributed by atoms with van der Waals surface area (Å²) in [4.78, 5) is 22.3. The van der Waals surface area contributed by atoms with E-state index in [-0.39, 0.29) is 0 Å². The molecule has 0 fully saturated rings. The van der Waals surface area contributed by atoms with Crippen LogP contribution >= 0.6 is 0 Å². The van der Waals surface area contributed by atoms with Crippen molar-refractivity contribution in [2.24, 2.45) is 0 Å². The molecule has 0 saturated carbocycles. The first-order chi connectivity index (χ1) is 9.08. The molecular weight excluding hydrogens is 244 g/mol. The number of rotatable bonds is 3. The van der Waals surface area contributed by atoms with E-state index in [0.717, 1.165) is 10.8 Å². The summed E-state index contributed by atoms with van der Waals surface area (Å²) in [6.07, 6.45) is 0. The van der Waals surface area contributed by atoms with Crippen molar-refractivity contribution < 1.29 is 14.7 Å². The van der Waals surface area contributed by atoms with Crippen molar-refractivity contribution >= 4 is 28.5 Å². The third kappa shape index (κ3) is 3.01. The number of hydrogen-bond acceptors (Lipinski definition) is 2. The highest BCUT2D eigenvalue weighted by atomic mass is 16.4. The minimum Gasteiger partial charge on any atom is -0.480 e. The van der Waals surface area contributed by atoms with E-state index in [1.807, 2.05) is 36.4 Å². The molecule has 1 unspecified atom stereocenters. The molecule has 5 nitrogen and oxygen atoms in total. The number of amides is 2. The fraction of sp³-hybridized carbons (Fsp3) is 0.143. The first-order valence-electron chi connectivity index (χ1n) is 5.86. The average molecular weight is 258 g/mol. The second-order valence-electron chi connectivity index (χ2n) is 4.19. The van der Waals surface area contributed by atoms with Gasteiger partial charge in [0.15, 0.2) is 0 Å². The monoisotopic (exact) mass is 258 g/mol. The first kappa shape index (κ1) is 12.9. The molecule has 1 atom stereocenters. The highest BCUT2D eigenvalue weighted by Crippen LogP contribution is 2.22. The molecule has 0 heterocycles. The highest BCUT2D eigenvalue weighted by Gasteiger charge is 2.14. The van der Waals surface area contributed by atoms with Gasteiger partial charge in [-0.15, -0.1) is 0 Å². The van der Waals surface area contributed by atoms with Gasteiger partial charge in [0.1, 0.15) is 6.04 Å². The molecule has 98 valence electrons. The van der Waals surface area contributed by atoms with Crippen LogP contribution in [0.1, 0.15) is 6.92 Å². The molecule has 19 heavy (non-hydrogen) atoms. The maximum atomic E-state index is 11.7. The van der Waals surface area contributed by atoms with Gasteiger partial charge in [-0.2, -0.15) is 0 Å². The van der Waals surface area contributed by atoms with Gasteiger partial charge in [-0.05, 0) is 18.4 Å². The summed E-state index contributed by atoms with van der Waals surface area (Å²) >= 11 is 0. The minimum absolute atomic E-state index is 0.536. The number of carboxylic acid groups (broad SMARTS) is 1. The van der Waals surface area contributed by atoms with Crippen LogP contribution in [-0.4, -0.2) is 23.1 Å². The molecule has 0 aliphatic carbocycles. The maximum Gasteiger partial charge on any atom is 0.325 e. The third-order valence-electron chi connectivity index (χ3n) is 2.76. The molecule has 2 aromatic rings. The zero-order valence-corrected chi connectivity index (χ0v) is 10.4. The third-order valence-corrected chi connectivity index (χ3v) is 2.76. The fourth-order valence-corrected chi connectivity index (χ4v) is 1.75. The molecule has 0 aliphatic heterocycles. The number of carbonyl (C=O) groups excluding carboxylic acids is 1. The van der Waals surface area contributed by atoms with Crippen LogP contribution in [0.25, 0.3) is 10.8 Å². The van der Waals surface area contributed by atoms with Crippen LogP contribution in [0.4, 0.5) is 10.5 Å². The number of aliphatic carboxylic acids is 1. The summed E-state index contributed by atoms with van der Waals surface area (Å²) in [5.74, 6) is -1.08. The van der Waals surface area contributed by atoms with Crippen LogP contribution in [0.15, 0.2) is 42.5 Å². The predicted molar refractivity (Wildman–Crippen MR) is 73.2 cm³/mol. The van der Waals surface area contributed by atoms with Gasteiger partial charge >= 0.3 is 12.0 Å². The molecule has 2 amide bonds. The molecule has 2 rings (SSSR count). The van der Waals surface area contributed by atoms with E-state index in [1.165, 1.54) is 6.92 Å². The van der Waals surface area contributed by atoms with Gasteiger partial charge in [-0.25, -0.2) is 4.79 Å². The minimum atomic E-state index is -1.08. The largest absolute Gasteiger partial charge is 0.480 e. The van der Waals surface area contributed by atoms with E-state index in [1.54, 1.807) is 6.07 Å². The van der Waals surface area contributed by atoms with Gasteiger partial charge in [0.05, 0.1) is 5.69 Å². The van der Waals surface area contributed by atoms with Crippen LogP contribution in [-0.2, 0) is 4.79 Å². The quantitative estimate of drug-likeness (QED) is 0.791. The van der Waals surface area contributed by atoms with Crippen molar-refractivity contribution in [3.8, 4) is 0 Å². The Morgan fingerprint density at radius 1 is 1.11 bits per heavy atom. The number of urea groups is 1. The Morgan fingerprint density at radius 3 is 2.53 bits per heavy atom. The highest BCUT2D eigenvalue weighted by molar-refractivity contribution is 6.02. The Balaban J connectivity index is 2.17. The molecular formula is C14H14N2O3. The van der Waals surface area contributed by atoms with E-state index in [9.17, 15) is 9.59 Å². The van der Waals surface area contributed by atoms with E-state index in [4.69, 9.17) is 5.11 Å². The molecule has 3 N–H and O–H groups in total. The van der Waals surface area contributed by atoms with Crippen LogP contribution in [0.5, 0.6) is 0 Å². The number of carbonyl (C=O) groups is 2. The van der Waals surface area contributed by atoms with Gasteiger partial charge in [0.2, 0.25) is 0 Å². The van der Waals surface area contributed by atoms with Crippen molar-refractivity contribution in [2.75, 3.05) is 5.32 Å². The topological polar surface area (TPSA) is 78.4 Å². The van der Waals surface area contributed by atoms with Gasteiger partial charge in [-0.1, -0.05) is 36.4 Å². The summed E-state index contributed by atoms with van der Waals surface area (Å²) in [6.45, 7) is 1.41. The molecule has 5 heteroatoms. The lowest BCUT2D eigenvalue weighted by atomic mass is 10.1. The predicted octanol–water partition coefficient (Wildman–Crippen LogP) is 2.43. The number of benzene rings is 2. The average Bonchev–Trinajstić information content (AvgIpc) is 2.39. The normalized spacial score (nSPS) is 11.8. The van der Waals surface area contributed by atoms with Gasteiger partial charge in [0.25, 0.3) is 0 Å². The van der Waals surface area contributed by atoms with Crippen LogP contribution < -0.4 is 10.6 Å². The van der Waals surface area contributed by atoms with Crippen LogP contribution in [0.2, 0.25) is 0 Å². The van der Waals surface area contributed by atoms with Crippen LogP contribution in [0, 0.1) is 0 Å². The molecule has 0 bridgehead atoms. The zero-order valence-electron chi connectivity index (χ0n) is 10.4. The zero-order chi connectivity index (χ0) is 13.8. The Morgan fingerprint density at radius 2 is 1.79 bits per heavy atom. The summed E-state index contributed by atoms with van der Waals surface area (Å²) in [5, 5.41) is 15.6. The Bertz CT molecular complexity index is 620. The van der Waals surface area contributed by atoms with Crippen molar-refractivity contribution in [3.05, 3.63) is 42.5 Å².